The third-order valence-corrected chi connectivity index (χ3v) is 4.05. The van der Waals surface area contributed by atoms with Crippen molar-refractivity contribution >= 4 is 11.9 Å². The average Bonchev–Trinajstić information content (AvgIpc) is 2.66. The SMILES string of the molecule is Cc1cc(C)c(/C=C/C(=O)c2c(C)nn(C)c2C)cc1C. The maximum absolute atomic E-state index is 12.4. The molecule has 2 rings (SSSR count). The van der Waals surface area contributed by atoms with Gasteiger partial charge in [0.25, 0.3) is 0 Å². The van der Waals surface area contributed by atoms with Crippen LogP contribution in [0.4, 0.5) is 0 Å². The molecule has 0 saturated heterocycles. The van der Waals surface area contributed by atoms with Gasteiger partial charge in [-0.15, -0.1) is 0 Å². The maximum atomic E-state index is 12.4. The Morgan fingerprint density at radius 3 is 2.24 bits per heavy atom. The fourth-order valence-corrected chi connectivity index (χ4v) is 2.54. The van der Waals surface area contributed by atoms with Crippen LogP contribution in [0.1, 0.15) is 44.0 Å². The second-order valence-electron chi connectivity index (χ2n) is 5.66. The van der Waals surface area contributed by atoms with Crippen LogP contribution in [0.3, 0.4) is 0 Å². The van der Waals surface area contributed by atoms with E-state index in [1.54, 1.807) is 10.8 Å². The molecule has 21 heavy (non-hydrogen) atoms. The van der Waals surface area contributed by atoms with Gasteiger partial charge in [0.05, 0.1) is 11.3 Å². The fraction of sp³-hybridized carbons (Fsp3) is 0.333. The predicted octanol–water partition coefficient (Wildman–Crippen LogP) is 3.86. The number of hydrogen-bond acceptors (Lipinski definition) is 2. The van der Waals surface area contributed by atoms with Gasteiger partial charge in [0.1, 0.15) is 0 Å². The van der Waals surface area contributed by atoms with E-state index < -0.39 is 0 Å². The second-order valence-corrected chi connectivity index (χ2v) is 5.66. The summed E-state index contributed by atoms with van der Waals surface area (Å²) in [4.78, 5) is 12.4. The van der Waals surface area contributed by atoms with Crippen molar-refractivity contribution in [1.82, 2.24) is 9.78 Å². The van der Waals surface area contributed by atoms with Gasteiger partial charge in [-0.25, -0.2) is 0 Å². The van der Waals surface area contributed by atoms with Gasteiger partial charge >= 0.3 is 0 Å². The quantitative estimate of drug-likeness (QED) is 0.633. The lowest BCUT2D eigenvalue weighted by Crippen LogP contribution is -1.99. The Hall–Kier alpha value is -2.16. The molecule has 1 heterocycles. The lowest BCUT2D eigenvalue weighted by molar-refractivity contribution is 0.104. The van der Waals surface area contributed by atoms with E-state index in [2.05, 4.69) is 38.0 Å². The van der Waals surface area contributed by atoms with E-state index in [1.165, 1.54) is 16.7 Å². The molecule has 0 atom stereocenters. The van der Waals surface area contributed by atoms with Crippen LogP contribution in [0.25, 0.3) is 6.08 Å². The molecular formula is C18H22N2O. The highest BCUT2D eigenvalue weighted by atomic mass is 16.1. The molecule has 1 aromatic heterocycles. The Labute approximate surface area is 126 Å². The summed E-state index contributed by atoms with van der Waals surface area (Å²) in [6.07, 6.45) is 3.55. The van der Waals surface area contributed by atoms with Crippen molar-refractivity contribution in [2.45, 2.75) is 34.6 Å². The number of carbonyl (C=O) groups is 1. The molecule has 0 fully saturated rings. The van der Waals surface area contributed by atoms with E-state index in [-0.39, 0.29) is 5.78 Å². The molecule has 2 aromatic rings. The molecule has 0 N–H and O–H groups in total. The van der Waals surface area contributed by atoms with Gasteiger partial charge in [-0.2, -0.15) is 5.10 Å². The first-order valence-corrected chi connectivity index (χ1v) is 7.11. The molecule has 0 aliphatic carbocycles. The third kappa shape index (κ3) is 2.97. The largest absolute Gasteiger partial charge is 0.289 e. The highest BCUT2D eigenvalue weighted by Crippen LogP contribution is 2.18. The molecule has 3 heteroatoms. The summed E-state index contributed by atoms with van der Waals surface area (Å²) in [6, 6.07) is 4.28. The molecule has 0 unspecified atom stereocenters. The van der Waals surface area contributed by atoms with E-state index in [1.807, 2.05) is 27.0 Å². The summed E-state index contributed by atoms with van der Waals surface area (Å²) in [5.41, 5.74) is 7.17. The number of aromatic nitrogens is 2. The molecule has 110 valence electrons. The number of hydrogen-bond donors (Lipinski definition) is 0. The number of benzene rings is 1. The molecule has 0 aliphatic rings. The van der Waals surface area contributed by atoms with Crippen LogP contribution in [0, 0.1) is 34.6 Å². The molecule has 3 nitrogen and oxygen atoms in total. The monoisotopic (exact) mass is 282 g/mol. The Balaban J connectivity index is 2.33. The molecule has 0 radical (unpaired) electrons. The van der Waals surface area contributed by atoms with Crippen LogP contribution in [-0.2, 0) is 7.05 Å². The van der Waals surface area contributed by atoms with E-state index >= 15 is 0 Å². The first-order valence-electron chi connectivity index (χ1n) is 7.11. The maximum Gasteiger partial charge on any atom is 0.189 e. The van der Waals surface area contributed by atoms with E-state index in [0.29, 0.717) is 5.56 Å². The minimum Gasteiger partial charge on any atom is -0.289 e. The molecule has 0 saturated carbocycles. The van der Waals surface area contributed by atoms with Gasteiger partial charge in [-0.1, -0.05) is 18.2 Å². The molecule has 0 spiro atoms. The first-order chi connectivity index (χ1) is 9.81. The summed E-state index contributed by atoms with van der Waals surface area (Å²) in [5, 5.41) is 4.29. The van der Waals surface area contributed by atoms with Crippen molar-refractivity contribution in [2.24, 2.45) is 7.05 Å². The standard InChI is InChI=1S/C18H22N2O/c1-11-9-13(3)16(10-12(11)2)7-8-17(21)18-14(4)19-20(6)15(18)5/h7-10H,1-6H3/b8-7+. The van der Waals surface area contributed by atoms with Crippen LogP contribution in [0.15, 0.2) is 18.2 Å². The van der Waals surface area contributed by atoms with Gasteiger partial charge in [-0.3, -0.25) is 9.48 Å². The average molecular weight is 282 g/mol. The summed E-state index contributed by atoms with van der Waals surface area (Å²) in [7, 11) is 1.86. The van der Waals surface area contributed by atoms with Crippen LogP contribution in [0.2, 0.25) is 0 Å². The van der Waals surface area contributed by atoms with Crippen molar-refractivity contribution in [3.63, 3.8) is 0 Å². The van der Waals surface area contributed by atoms with Gasteiger partial charge in [-0.05, 0) is 62.9 Å². The second kappa shape index (κ2) is 5.68. The van der Waals surface area contributed by atoms with Gasteiger partial charge in [0.15, 0.2) is 5.78 Å². The molecular weight excluding hydrogens is 260 g/mol. The minimum absolute atomic E-state index is 0.00993. The molecule has 0 amide bonds. The van der Waals surface area contributed by atoms with Crippen LogP contribution < -0.4 is 0 Å². The third-order valence-electron chi connectivity index (χ3n) is 4.05. The number of nitrogens with zero attached hydrogens (tertiary/aromatic N) is 2. The van der Waals surface area contributed by atoms with Crippen molar-refractivity contribution < 1.29 is 4.79 Å². The Morgan fingerprint density at radius 2 is 1.67 bits per heavy atom. The zero-order valence-electron chi connectivity index (χ0n) is 13.6. The van der Waals surface area contributed by atoms with Crippen molar-refractivity contribution in [1.29, 1.82) is 0 Å². The van der Waals surface area contributed by atoms with Crippen LogP contribution in [-0.4, -0.2) is 15.6 Å². The molecule has 1 aromatic carbocycles. The summed E-state index contributed by atoms with van der Waals surface area (Å²) in [5.74, 6) is 0.00993. The van der Waals surface area contributed by atoms with Crippen molar-refractivity contribution in [2.75, 3.05) is 0 Å². The number of ketones is 1. The van der Waals surface area contributed by atoms with E-state index in [9.17, 15) is 4.79 Å². The summed E-state index contributed by atoms with van der Waals surface area (Å²) >= 11 is 0. The number of rotatable bonds is 3. The summed E-state index contributed by atoms with van der Waals surface area (Å²) < 4.78 is 1.75. The lowest BCUT2D eigenvalue weighted by Gasteiger charge is -2.06. The van der Waals surface area contributed by atoms with Gasteiger partial charge in [0, 0.05) is 12.7 Å². The van der Waals surface area contributed by atoms with E-state index in [4.69, 9.17) is 0 Å². The van der Waals surface area contributed by atoms with Crippen LogP contribution in [0.5, 0.6) is 0 Å². The normalized spacial score (nSPS) is 11.3. The molecule has 0 aliphatic heterocycles. The van der Waals surface area contributed by atoms with Gasteiger partial charge in [0.2, 0.25) is 0 Å². The first kappa shape index (κ1) is 15.2. The minimum atomic E-state index is 0.00993. The number of carbonyl (C=O) groups excluding carboxylic acids is 1. The Morgan fingerprint density at radius 1 is 1.05 bits per heavy atom. The van der Waals surface area contributed by atoms with Crippen LogP contribution >= 0.6 is 0 Å². The number of aryl methyl sites for hydroxylation is 5. The summed E-state index contributed by atoms with van der Waals surface area (Å²) in [6.45, 7) is 10.0. The Kier molecular flexibility index (Phi) is 4.12. The Bertz CT molecular complexity index is 736. The predicted molar refractivity (Wildman–Crippen MR) is 86.7 cm³/mol. The topological polar surface area (TPSA) is 34.9 Å². The lowest BCUT2D eigenvalue weighted by atomic mass is 9.99. The van der Waals surface area contributed by atoms with Crippen molar-refractivity contribution in [3.8, 4) is 0 Å². The zero-order valence-corrected chi connectivity index (χ0v) is 13.6. The highest BCUT2D eigenvalue weighted by Gasteiger charge is 2.14. The van der Waals surface area contributed by atoms with Gasteiger partial charge < -0.3 is 0 Å². The number of allylic oxidation sites excluding steroid dienone is 1. The van der Waals surface area contributed by atoms with E-state index in [0.717, 1.165) is 17.0 Å². The smallest absolute Gasteiger partial charge is 0.189 e. The zero-order chi connectivity index (χ0) is 15.7. The molecule has 0 bridgehead atoms. The highest BCUT2D eigenvalue weighted by molar-refractivity contribution is 6.08. The van der Waals surface area contributed by atoms with Crippen molar-refractivity contribution in [3.05, 3.63) is 57.4 Å². The fourth-order valence-electron chi connectivity index (χ4n) is 2.54.